The highest BCUT2D eigenvalue weighted by Crippen LogP contribution is 2.66. The van der Waals surface area contributed by atoms with Crippen molar-refractivity contribution in [1.82, 2.24) is 0 Å². The second kappa shape index (κ2) is 5.65. The molecule has 138 valence electrons. The van der Waals surface area contributed by atoms with Crippen molar-refractivity contribution in [2.45, 2.75) is 65.2 Å². The summed E-state index contributed by atoms with van der Waals surface area (Å²) < 4.78 is 5.02. The normalized spacial score (nSPS) is 49.2. The van der Waals surface area contributed by atoms with Crippen molar-refractivity contribution >= 4 is 17.5 Å². The standard InChI is InChI=1S/C21H30O4/c1-20-9-8-13(22)10-12(20)4-5-14-15-6-7-16(19(24)25-3)21(15,2)18(23)11-17(14)20/h12,14-17H,4-11H2,1-3H3/t12-,14-,15-,16+,17-,20-,21-/m0/s1. The van der Waals surface area contributed by atoms with Crippen LogP contribution in [0.4, 0.5) is 0 Å². The largest absolute Gasteiger partial charge is 0.469 e. The van der Waals surface area contributed by atoms with Gasteiger partial charge in [-0.1, -0.05) is 13.8 Å². The smallest absolute Gasteiger partial charge is 0.309 e. The molecule has 0 heterocycles. The summed E-state index contributed by atoms with van der Waals surface area (Å²) in [6.45, 7) is 4.37. The highest BCUT2D eigenvalue weighted by Gasteiger charge is 2.64. The molecule has 4 aliphatic carbocycles. The lowest BCUT2D eigenvalue weighted by Crippen LogP contribution is -2.57. The lowest BCUT2D eigenvalue weighted by molar-refractivity contribution is -0.167. The van der Waals surface area contributed by atoms with Gasteiger partial charge in [0.1, 0.15) is 11.6 Å². The highest BCUT2D eigenvalue weighted by molar-refractivity contribution is 5.92. The average molecular weight is 346 g/mol. The summed E-state index contributed by atoms with van der Waals surface area (Å²) in [5.74, 6) is 1.86. The van der Waals surface area contributed by atoms with E-state index in [2.05, 4.69) is 6.92 Å². The molecule has 4 rings (SSSR count). The van der Waals surface area contributed by atoms with Crippen LogP contribution in [-0.4, -0.2) is 24.6 Å². The molecule has 0 unspecified atom stereocenters. The van der Waals surface area contributed by atoms with Crippen LogP contribution in [-0.2, 0) is 19.1 Å². The van der Waals surface area contributed by atoms with Crippen LogP contribution in [0.1, 0.15) is 65.2 Å². The number of carbonyl (C=O) groups is 3. The SMILES string of the molecule is COC(=O)[C@H]1CC[C@H]2[C@@H]3CC[C@H]4CC(=O)CC[C@]4(C)[C@H]3CC(=O)[C@]12C. The maximum atomic E-state index is 13.3. The monoisotopic (exact) mass is 346 g/mol. The molecule has 0 spiro atoms. The van der Waals surface area contributed by atoms with Crippen LogP contribution >= 0.6 is 0 Å². The maximum absolute atomic E-state index is 13.3. The Hall–Kier alpha value is -1.19. The van der Waals surface area contributed by atoms with Gasteiger partial charge in [0.25, 0.3) is 0 Å². The lowest BCUT2D eigenvalue weighted by atomic mass is 9.44. The first kappa shape index (κ1) is 17.2. The van der Waals surface area contributed by atoms with E-state index in [9.17, 15) is 14.4 Å². The zero-order chi connectivity index (χ0) is 18.0. The Kier molecular flexibility index (Phi) is 3.90. The number of carbonyl (C=O) groups excluding carboxylic acids is 3. The number of rotatable bonds is 1. The molecule has 0 aromatic carbocycles. The van der Waals surface area contributed by atoms with Crippen molar-refractivity contribution in [3.63, 3.8) is 0 Å². The summed E-state index contributed by atoms with van der Waals surface area (Å²) in [4.78, 5) is 37.5. The molecule has 4 aliphatic rings. The van der Waals surface area contributed by atoms with Crippen LogP contribution in [0.15, 0.2) is 0 Å². The van der Waals surface area contributed by atoms with E-state index in [-0.39, 0.29) is 23.1 Å². The Morgan fingerprint density at radius 3 is 2.52 bits per heavy atom. The summed E-state index contributed by atoms with van der Waals surface area (Å²) >= 11 is 0. The minimum absolute atomic E-state index is 0.122. The number of ether oxygens (including phenoxy) is 1. The fourth-order valence-corrected chi connectivity index (χ4v) is 7.28. The van der Waals surface area contributed by atoms with Crippen LogP contribution in [0.25, 0.3) is 0 Å². The van der Waals surface area contributed by atoms with E-state index >= 15 is 0 Å². The molecule has 4 saturated carbocycles. The maximum Gasteiger partial charge on any atom is 0.309 e. The summed E-state index contributed by atoms with van der Waals surface area (Å²) in [5.41, 5.74) is -0.418. The molecule has 0 amide bonds. The predicted octanol–water partition coefficient (Wildman–Crippen LogP) is 3.57. The fourth-order valence-electron chi connectivity index (χ4n) is 7.28. The number of Topliss-reactive ketones (excluding diaryl/α,β-unsaturated/α-hetero) is 2. The van der Waals surface area contributed by atoms with E-state index < -0.39 is 5.41 Å². The number of ketones is 2. The predicted molar refractivity (Wildman–Crippen MR) is 92.6 cm³/mol. The van der Waals surface area contributed by atoms with Gasteiger partial charge in [0.15, 0.2) is 0 Å². The van der Waals surface area contributed by atoms with Crippen molar-refractivity contribution in [2.24, 2.45) is 40.4 Å². The molecule has 4 nitrogen and oxygen atoms in total. The van der Waals surface area contributed by atoms with Crippen LogP contribution in [0, 0.1) is 40.4 Å². The quantitative estimate of drug-likeness (QED) is 0.681. The molecule has 4 fully saturated rings. The summed E-state index contributed by atoms with van der Waals surface area (Å²) in [7, 11) is 1.43. The molecule has 25 heavy (non-hydrogen) atoms. The van der Waals surface area contributed by atoms with Crippen LogP contribution < -0.4 is 0 Å². The van der Waals surface area contributed by atoms with Crippen LogP contribution in [0.2, 0.25) is 0 Å². The molecular formula is C21H30O4. The zero-order valence-electron chi connectivity index (χ0n) is 15.7. The number of methoxy groups -OCH3 is 1. The van der Waals surface area contributed by atoms with Gasteiger partial charge in [0.2, 0.25) is 0 Å². The lowest BCUT2D eigenvalue weighted by Gasteiger charge is -2.59. The first-order valence-corrected chi connectivity index (χ1v) is 9.95. The minimum atomic E-state index is -0.540. The van der Waals surface area contributed by atoms with Crippen molar-refractivity contribution in [3.05, 3.63) is 0 Å². The number of hydrogen-bond acceptors (Lipinski definition) is 4. The van der Waals surface area contributed by atoms with Gasteiger partial charge >= 0.3 is 5.97 Å². The Morgan fingerprint density at radius 1 is 1.04 bits per heavy atom. The van der Waals surface area contributed by atoms with Gasteiger partial charge in [-0.2, -0.15) is 0 Å². The van der Waals surface area contributed by atoms with Crippen molar-refractivity contribution in [1.29, 1.82) is 0 Å². The molecule has 4 heteroatoms. The third-order valence-electron chi connectivity index (χ3n) is 8.83. The Balaban J connectivity index is 1.67. The molecule has 0 N–H and O–H groups in total. The minimum Gasteiger partial charge on any atom is -0.469 e. The summed E-state index contributed by atoms with van der Waals surface area (Å²) in [6.07, 6.45) is 6.87. The Morgan fingerprint density at radius 2 is 1.80 bits per heavy atom. The zero-order valence-corrected chi connectivity index (χ0v) is 15.7. The van der Waals surface area contributed by atoms with Gasteiger partial charge in [-0.3, -0.25) is 14.4 Å². The van der Waals surface area contributed by atoms with Crippen LogP contribution in [0.3, 0.4) is 0 Å². The van der Waals surface area contributed by atoms with E-state index in [4.69, 9.17) is 4.74 Å². The number of hydrogen-bond donors (Lipinski definition) is 0. The van der Waals surface area contributed by atoms with Gasteiger partial charge < -0.3 is 4.74 Å². The number of fused-ring (bicyclic) bond motifs is 5. The molecule has 0 aromatic rings. The molecule has 0 bridgehead atoms. The summed E-state index contributed by atoms with van der Waals surface area (Å²) in [6, 6.07) is 0. The molecule has 0 radical (unpaired) electrons. The van der Waals surface area contributed by atoms with E-state index in [1.54, 1.807) is 0 Å². The van der Waals surface area contributed by atoms with Gasteiger partial charge in [0, 0.05) is 24.7 Å². The topological polar surface area (TPSA) is 60.4 Å². The molecule has 0 aromatic heterocycles. The molecular weight excluding hydrogens is 316 g/mol. The van der Waals surface area contributed by atoms with Gasteiger partial charge in [0.05, 0.1) is 13.0 Å². The first-order valence-electron chi connectivity index (χ1n) is 9.95. The second-order valence-electron chi connectivity index (χ2n) is 9.46. The third kappa shape index (κ3) is 2.21. The molecule has 7 atom stereocenters. The number of esters is 1. The second-order valence-corrected chi connectivity index (χ2v) is 9.46. The van der Waals surface area contributed by atoms with E-state index in [1.807, 2.05) is 6.92 Å². The van der Waals surface area contributed by atoms with Gasteiger partial charge in [-0.15, -0.1) is 0 Å². The van der Waals surface area contributed by atoms with E-state index in [0.717, 1.165) is 32.1 Å². The van der Waals surface area contributed by atoms with Gasteiger partial charge in [-0.05, 0) is 61.2 Å². The average Bonchev–Trinajstić information content (AvgIpc) is 2.95. The molecule has 0 aliphatic heterocycles. The Bertz CT molecular complexity index is 625. The van der Waals surface area contributed by atoms with Crippen LogP contribution in [0.5, 0.6) is 0 Å². The fraction of sp³-hybridized carbons (Fsp3) is 0.857. The van der Waals surface area contributed by atoms with Crippen molar-refractivity contribution in [2.75, 3.05) is 7.11 Å². The molecule has 0 saturated heterocycles. The van der Waals surface area contributed by atoms with Gasteiger partial charge in [-0.25, -0.2) is 0 Å². The summed E-state index contributed by atoms with van der Waals surface area (Å²) in [5, 5.41) is 0. The van der Waals surface area contributed by atoms with Crippen molar-refractivity contribution < 1.29 is 19.1 Å². The highest BCUT2D eigenvalue weighted by atomic mass is 16.5. The van der Waals surface area contributed by atoms with Crippen molar-refractivity contribution in [3.8, 4) is 0 Å². The first-order chi connectivity index (χ1) is 11.8. The Labute approximate surface area is 150 Å². The van der Waals surface area contributed by atoms with E-state index in [0.29, 0.717) is 48.7 Å². The third-order valence-corrected chi connectivity index (χ3v) is 8.83. The van der Waals surface area contributed by atoms with E-state index in [1.165, 1.54) is 7.11 Å².